The molecule has 3 rings (SSSR count). The Kier molecular flexibility index (Phi) is 6.90. The van der Waals surface area contributed by atoms with Crippen LogP contribution in [-0.2, 0) is 0 Å². The van der Waals surface area contributed by atoms with E-state index in [1.807, 2.05) is 17.0 Å². The molecule has 0 saturated carbocycles. The first-order valence-electron chi connectivity index (χ1n) is 9.29. The molecule has 5 heteroatoms. The highest BCUT2D eigenvalue weighted by atomic mass is 35.5. The third-order valence-electron chi connectivity index (χ3n) is 5.54. The van der Waals surface area contributed by atoms with Gasteiger partial charge in [-0.15, -0.1) is 12.4 Å². The number of carbonyl (C=O) groups is 1. The Morgan fingerprint density at radius 1 is 1.23 bits per heavy atom. The Morgan fingerprint density at radius 3 is 2.58 bits per heavy atom. The standard InChI is InChI=1S/C21H29N3O.ClH/c1-15-13-20(21(25)23-12-8-7-11-19(23)14-22)17(3)24(15)16(2)18-9-5-4-6-10-18;/h4-6,9-10,13,16,19H,7-8,11-12,14,22H2,1-3H3;1H. The van der Waals surface area contributed by atoms with Gasteiger partial charge < -0.3 is 15.2 Å². The highest BCUT2D eigenvalue weighted by Crippen LogP contribution is 2.27. The Labute approximate surface area is 162 Å². The number of nitrogens with zero attached hydrogens (tertiary/aromatic N) is 2. The van der Waals surface area contributed by atoms with E-state index in [9.17, 15) is 4.79 Å². The quantitative estimate of drug-likeness (QED) is 0.874. The van der Waals surface area contributed by atoms with Crippen molar-refractivity contribution >= 4 is 18.3 Å². The highest BCUT2D eigenvalue weighted by molar-refractivity contribution is 5.96. The average molecular weight is 376 g/mol. The van der Waals surface area contributed by atoms with Crippen molar-refractivity contribution in [3.8, 4) is 0 Å². The second-order valence-electron chi connectivity index (χ2n) is 7.13. The van der Waals surface area contributed by atoms with E-state index >= 15 is 0 Å². The summed E-state index contributed by atoms with van der Waals surface area (Å²) in [6.07, 6.45) is 3.25. The third-order valence-corrected chi connectivity index (χ3v) is 5.54. The Hall–Kier alpha value is -1.78. The van der Waals surface area contributed by atoms with Crippen molar-refractivity contribution in [2.45, 2.75) is 52.1 Å². The summed E-state index contributed by atoms with van der Waals surface area (Å²) in [4.78, 5) is 15.2. The molecule has 4 nitrogen and oxygen atoms in total. The van der Waals surface area contributed by atoms with E-state index in [1.54, 1.807) is 0 Å². The van der Waals surface area contributed by atoms with E-state index in [4.69, 9.17) is 5.73 Å². The summed E-state index contributed by atoms with van der Waals surface area (Å²) in [5.74, 6) is 0.134. The zero-order valence-electron chi connectivity index (χ0n) is 15.9. The number of piperidine rings is 1. The monoisotopic (exact) mass is 375 g/mol. The molecule has 1 aliphatic rings. The van der Waals surface area contributed by atoms with Gasteiger partial charge in [-0.3, -0.25) is 4.79 Å². The van der Waals surface area contributed by atoms with Gasteiger partial charge in [0.1, 0.15) is 0 Å². The lowest BCUT2D eigenvalue weighted by Crippen LogP contribution is -2.47. The summed E-state index contributed by atoms with van der Waals surface area (Å²) in [5, 5.41) is 0. The van der Waals surface area contributed by atoms with Gasteiger partial charge >= 0.3 is 0 Å². The van der Waals surface area contributed by atoms with Crippen molar-refractivity contribution in [1.29, 1.82) is 0 Å². The number of aryl methyl sites for hydroxylation is 1. The number of benzene rings is 1. The minimum absolute atomic E-state index is 0. The molecule has 2 atom stereocenters. The SMILES string of the molecule is Cc1cc(C(=O)N2CCCCC2CN)c(C)n1C(C)c1ccccc1.Cl. The number of hydrogen-bond acceptors (Lipinski definition) is 2. The van der Waals surface area contributed by atoms with Crippen molar-refractivity contribution in [3.05, 3.63) is 58.9 Å². The van der Waals surface area contributed by atoms with Crippen LogP contribution in [-0.4, -0.2) is 34.5 Å². The van der Waals surface area contributed by atoms with Gasteiger partial charge in [0, 0.05) is 30.5 Å². The summed E-state index contributed by atoms with van der Waals surface area (Å²) >= 11 is 0. The topological polar surface area (TPSA) is 51.3 Å². The van der Waals surface area contributed by atoms with Crippen LogP contribution in [0.4, 0.5) is 0 Å². The molecular formula is C21H30ClN3O. The van der Waals surface area contributed by atoms with Gasteiger partial charge in [0.15, 0.2) is 0 Å². The Bertz CT molecular complexity index is 741. The van der Waals surface area contributed by atoms with Crippen LogP contribution in [0.15, 0.2) is 36.4 Å². The van der Waals surface area contributed by atoms with Crippen LogP contribution < -0.4 is 5.73 Å². The maximum Gasteiger partial charge on any atom is 0.255 e. The van der Waals surface area contributed by atoms with Gasteiger partial charge in [0.05, 0.1) is 11.6 Å². The van der Waals surface area contributed by atoms with E-state index in [0.29, 0.717) is 6.54 Å². The van der Waals surface area contributed by atoms with E-state index in [1.165, 1.54) is 5.56 Å². The molecule has 2 N–H and O–H groups in total. The molecule has 0 aliphatic carbocycles. The van der Waals surface area contributed by atoms with E-state index in [0.717, 1.165) is 42.8 Å². The predicted molar refractivity (Wildman–Crippen MR) is 109 cm³/mol. The number of carbonyl (C=O) groups excluding carboxylic acids is 1. The summed E-state index contributed by atoms with van der Waals surface area (Å²) in [6.45, 7) is 7.69. The van der Waals surface area contributed by atoms with Crippen molar-refractivity contribution in [2.24, 2.45) is 5.73 Å². The highest BCUT2D eigenvalue weighted by Gasteiger charge is 2.29. The molecule has 0 spiro atoms. The van der Waals surface area contributed by atoms with E-state index < -0.39 is 0 Å². The van der Waals surface area contributed by atoms with Gasteiger partial charge in [0.25, 0.3) is 5.91 Å². The summed E-state index contributed by atoms with van der Waals surface area (Å²) < 4.78 is 2.27. The van der Waals surface area contributed by atoms with Crippen molar-refractivity contribution in [1.82, 2.24) is 9.47 Å². The van der Waals surface area contributed by atoms with Gasteiger partial charge in [-0.25, -0.2) is 0 Å². The molecule has 0 bridgehead atoms. The summed E-state index contributed by atoms with van der Waals surface area (Å²) in [6, 6.07) is 12.9. The normalized spacial score (nSPS) is 18.3. The van der Waals surface area contributed by atoms with Crippen LogP contribution in [0, 0.1) is 13.8 Å². The first kappa shape index (κ1) is 20.5. The van der Waals surface area contributed by atoms with E-state index in [2.05, 4.69) is 49.6 Å². The maximum absolute atomic E-state index is 13.2. The van der Waals surface area contributed by atoms with Crippen LogP contribution in [0.2, 0.25) is 0 Å². The minimum Gasteiger partial charge on any atom is -0.341 e. The molecule has 1 fully saturated rings. The molecule has 1 aromatic heterocycles. The number of nitrogens with two attached hydrogens (primary N) is 1. The molecule has 0 radical (unpaired) electrons. The van der Waals surface area contributed by atoms with E-state index in [-0.39, 0.29) is 30.4 Å². The molecule has 1 amide bonds. The third kappa shape index (κ3) is 3.81. The number of amides is 1. The van der Waals surface area contributed by atoms with Gasteiger partial charge in [0.2, 0.25) is 0 Å². The molecule has 142 valence electrons. The van der Waals surface area contributed by atoms with Crippen LogP contribution in [0.3, 0.4) is 0 Å². The smallest absolute Gasteiger partial charge is 0.255 e. The minimum atomic E-state index is 0. The average Bonchev–Trinajstić information content (AvgIpc) is 2.95. The van der Waals surface area contributed by atoms with Crippen molar-refractivity contribution in [2.75, 3.05) is 13.1 Å². The second-order valence-corrected chi connectivity index (χ2v) is 7.13. The lowest BCUT2D eigenvalue weighted by Gasteiger charge is -2.35. The fourth-order valence-electron chi connectivity index (χ4n) is 4.14. The lowest BCUT2D eigenvalue weighted by atomic mass is 10.0. The second kappa shape index (κ2) is 8.74. The number of aromatic nitrogens is 1. The number of hydrogen-bond donors (Lipinski definition) is 1. The molecule has 2 aromatic rings. The van der Waals surface area contributed by atoms with Crippen LogP contribution in [0.1, 0.15) is 59.5 Å². The predicted octanol–water partition coefficient (Wildman–Crippen LogP) is 4.09. The molecule has 26 heavy (non-hydrogen) atoms. The summed E-state index contributed by atoms with van der Waals surface area (Å²) in [7, 11) is 0. The first-order valence-corrected chi connectivity index (χ1v) is 9.29. The molecular weight excluding hydrogens is 346 g/mol. The number of likely N-dealkylation sites (tertiary alicyclic amines) is 1. The first-order chi connectivity index (χ1) is 12.0. The summed E-state index contributed by atoms with van der Waals surface area (Å²) in [5.41, 5.74) is 10.1. The fourth-order valence-corrected chi connectivity index (χ4v) is 4.14. The van der Waals surface area contributed by atoms with Crippen molar-refractivity contribution < 1.29 is 4.79 Å². The van der Waals surface area contributed by atoms with Crippen LogP contribution in [0.5, 0.6) is 0 Å². The molecule has 1 aliphatic heterocycles. The molecule has 2 heterocycles. The van der Waals surface area contributed by atoms with Gasteiger partial charge in [-0.05, 0) is 51.7 Å². The zero-order chi connectivity index (χ0) is 18.0. The molecule has 1 saturated heterocycles. The van der Waals surface area contributed by atoms with Crippen LogP contribution in [0.25, 0.3) is 0 Å². The Balaban J connectivity index is 0.00000243. The largest absolute Gasteiger partial charge is 0.341 e. The maximum atomic E-state index is 13.2. The van der Waals surface area contributed by atoms with Gasteiger partial charge in [-0.2, -0.15) is 0 Å². The van der Waals surface area contributed by atoms with Crippen molar-refractivity contribution in [3.63, 3.8) is 0 Å². The Morgan fingerprint density at radius 2 is 1.92 bits per heavy atom. The number of halogens is 1. The number of rotatable bonds is 4. The fraction of sp³-hybridized carbons (Fsp3) is 0.476. The lowest BCUT2D eigenvalue weighted by molar-refractivity contribution is 0.0622. The van der Waals surface area contributed by atoms with Gasteiger partial charge in [-0.1, -0.05) is 30.3 Å². The zero-order valence-corrected chi connectivity index (χ0v) is 16.8. The molecule has 2 unspecified atom stereocenters. The van der Waals surface area contributed by atoms with Crippen LogP contribution >= 0.6 is 12.4 Å². The molecule has 1 aromatic carbocycles.